The number of hydrogen-bond donors (Lipinski definition) is 0. The highest BCUT2D eigenvalue weighted by Crippen LogP contribution is 2.64. The molecule has 2 nitrogen and oxygen atoms in total. The molecule has 18 heavy (non-hydrogen) atoms. The molecule has 0 aromatic heterocycles. The molecule has 4 aliphatic rings. The molecule has 4 aliphatic carbocycles. The van der Waals surface area contributed by atoms with Gasteiger partial charge in [-0.1, -0.05) is 12.2 Å². The number of ether oxygens (including phenoxy) is 1. The van der Waals surface area contributed by atoms with Gasteiger partial charge < -0.3 is 4.74 Å². The molecule has 0 spiro atoms. The summed E-state index contributed by atoms with van der Waals surface area (Å²) >= 11 is 0. The molecule has 0 N–H and O–H groups in total. The van der Waals surface area contributed by atoms with E-state index in [1.165, 1.54) is 25.7 Å². The highest BCUT2D eigenvalue weighted by atomic mass is 16.5. The first-order chi connectivity index (χ1) is 8.74. The summed E-state index contributed by atoms with van der Waals surface area (Å²) < 4.78 is 5.58. The number of hydrogen-bond acceptors (Lipinski definition) is 2. The number of carbonyl (C=O) groups excluding carboxylic acids is 1. The summed E-state index contributed by atoms with van der Waals surface area (Å²) in [6, 6.07) is 0. The Morgan fingerprint density at radius 2 is 1.78 bits per heavy atom. The molecule has 0 aliphatic heterocycles. The number of rotatable bonds is 1. The minimum atomic E-state index is -0.0813. The van der Waals surface area contributed by atoms with Crippen molar-refractivity contribution < 1.29 is 9.53 Å². The number of esters is 1. The van der Waals surface area contributed by atoms with Crippen LogP contribution in [0, 0.1) is 35.5 Å². The van der Waals surface area contributed by atoms with Crippen molar-refractivity contribution in [2.45, 2.75) is 45.1 Å². The van der Waals surface area contributed by atoms with Crippen molar-refractivity contribution in [3.05, 3.63) is 12.2 Å². The summed E-state index contributed by atoms with van der Waals surface area (Å²) in [6.45, 7) is 1.56. The molecule has 0 aromatic rings. The SMILES string of the molecule is CC(=O)OC1CC2CC1C1C3CC=CCC3CC21. The van der Waals surface area contributed by atoms with E-state index >= 15 is 0 Å². The van der Waals surface area contributed by atoms with Crippen molar-refractivity contribution in [2.75, 3.05) is 0 Å². The topological polar surface area (TPSA) is 26.3 Å². The quantitative estimate of drug-likeness (QED) is 0.524. The van der Waals surface area contributed by atoms with E-state index in [0.717, 1.165) is 36.0 Å². The Morgan fingerprint density at radius 1 is 1.00 bits per heavy atom. The van der Waals surface area contributed by atoms with E-state index in [1.54, 1.807) is 6.92 Å². The molecule has 2 bridgehead atoms. The first kappa shape index (κ1) is 11.1. The first-order valence-corrected chi connectivity index (χ1v) is 7.56. The van der Waals surface area contributed by atoms with Crippen molar-refractivity contribution in [1.29, 1.82) is 0 Å². The van der Waals surface area contributed by atoms with Crippen molar-refractivity contribution in [3.8, 4) is 0 Å². The summed E-state index contributed by atoms with van der Waals surface area (Å²) in [5.74, 6) is 5.11. The zero-order chi connectivity index (χ0) is 12.3. The maximum Gasteiger partial charge on any atom is 0.302 e. The maximum atomic E-state index is 11.2. The van der Waals surface area contributed by atoms with E-state index in [1.807, 2.05) is 0 Å². The molecule has 7 atom stereocenters. The van der Waals surface area contributed by atoms with E-state index < -0.39 is 0 Å². The van der Waals surface area contributed by atoms with Gasteiger partial charge in [-0.2, -0.15) is 0 Å². The Morgan fingerprint density at radius 3 is 2.61 bits per heavy atom. The van der Waals surface area contributed by atoms with Gasteiger partial charge in [0.15, 0.2) is 0 Å². The fourth-order valence-electron chi connectivity index (χ4n) is 5.77. The van der Waals surface area contributed by atoms with Gasteiger partial charge in [-0.25, -0.2) is 0 Å². The molecule has 0 aromatic carbocycles. The molecule has 2 heteroatoms. The molecule has 4 rings (SSSR count). The van der Waals surface area contributed by atoms with Gasteiger partial charge in [-0.3, -0.25) is 4.79 Å². The first-order valence-electron chi connectivity index (χ1n) is 7.56. The maximum absolute atomic E-state index is 11.2. The number of fused-ring (bicyclic) bond motifs is 7. The van der Waals surface area contributed by atoms with E-state index in [-0.39, 0.29) is 12.1 Å². The average molecular weight is 246 g/mol. The van der Waals surface area contributed by atoms with Crippen LogP contribution in [-0.2, 0) is 9.53 Å². The summed E-state index contributed by atoms with van der Waals surface area (Å²) in [7, 11) is 0. The van der Waals surface area contributed by atoms with E-state index in [4.69, 9.17) is 4.74 Å². The predicted octanol–water partition coefficient (Wildman–Crippen LogP) is 3.18. The highest BCUT2D eigenvalue weighted by Gasteiger charge is 2.60. The van der Waals surface area contributed by atoms with E-state index in [9.17, 15) is 4.79 Å². The third-order valence-corrected chi connectivity index (χ3v) is 6.19. The van der Waals surface area contributed by atoms with Crippen LogP contribution < -0.4 is 0 Å². The van der Waals surface area contributed by atoms with Gasteiger partial charge in [0.05, 0.1) is 0 Å². The Kier molecular flexibility index (Phi) is 2.37. The zero-order valence-electron chi connectivity index (χ0n) is 11.0. The van der Waals surface area contributed by atoms with Crippen molar-refractivity contribution in [2.24, 2.45) is 35.5 Å². The standard InChI is InChI=1S/C16H22O2/c1-9(17)18-15-8-11-7-14(15)16-12-5-3-2-4-10(12)6-13(11)16/h2-3,10-16H,4-8H2,1H3. The van der Waals surface area contributed by atoms with Crippen LogP contribution in [0.5, 0.6) is 0 Å². The second-order valence-electron chi connectivity index (χ2n) is 6.89. The van der Waals surface area contributed by atoms with Crippen molar-refractivity contribution >= 4 is 5.97 Å². The molecule has 0 heterocycles. The van der Waals surface area contributed by atoms with Crippen LogP contribution in [0.3, 0.4) is 0 Å². The predicted molar refractivity (Wildman–Crippen MR) is 68.7 cm³/mol. The van der Waals surface area contributed by atoms with Crippen LogP contribution in [0.2, 0.25) is 0 Å². The summed E-state index contributed by atoms with van der Waals surface area (Å²) in [5, 5.41) is 0. The highest BCUT2D eigenvalue weighted by molar-refractivity contribution is 5.66. The van der Waals surface area contributed by atoms with Crippen molar-refractivity contribution in [3.63, 3.8) is 0 Å². The minimum Gasteiger partial charge on any atom is -0.462 e. The smallest absolute Gasteiger partial charge is 0.302 e. The van der Waals surface area contributed by atoms with E-state index in [2.05, 4.69) is 12.2 Å². The van der Waals surface area contributed by atoms with Crippen LogP contribution in [-0.4, -0.2) is 12.1 Å². The monoisotopic (exact) mass is 246 g/mol. The zero-order valence-corrected chi connectivity index (χ0v) is 11.0. The van der Waals surface area contributed by atoms with Crippen LogP contribution in [0.1, 0.15) is 39.0 Å². The molecule has 3 saturated carbocycles. The summed E-state index contributed by atoms with van der Waals surface area (Å²) in [4.78, 5) is 11.2. The van der Waals surface area contributed by atoms with Gasteiger partial charge in [0.25, 0.3) is 0 Å². The molecule has 0 saturated heterocycles. The Bertz CT molecular complexity index is 400. The van der Waals surface area contributed by atoms with Gasteiger partial charge in [0.2, 0.25) is 0 Å². The van der Waals surface area contributed by atoms with Gasteiger partial charge in [0.1, 0.15) is 6.10 Å². The Hall–Kier alpha value is -0.790. The average Bonchev–Trinajstić information content (AvgIpc) is 2.96. The molecular weight excluding hydrogens is 224 g/mol. The lowest BCUT2D eigenvalue weighted by molar-refractivity contribution is -0.150. The van der Waals surface area contributed by atoms with Gasteiger partial charge in [-0.15, -0.1) is 0 Å². The lowest BCUT2D eigenvalue weighted by Crippen LogP contribution is -2.34. The van der Waals surface area contributed by atoms with Crippen LogP contribution in [0.4, 0.5) is 0 Å². The van der Waals surface area contributed by atoms with Gasteiger partial charge in [0, 0.05) is 6.92 Å². The van der Waals surface area contributed by atoms with Gasteiger partial charge >= 0.3 is 5.97 Å². The summed E-state index contributed by atoms with van der Waals surface area (Å²) in [6.07, 6.45) is 11.5. The van der Waals surface area contributed by atoms with E-state index in [0.29, 0.717) is 5.92 Å². The molecule has 3 fully saturated rings. The van der Waals surface area contributed by atoms with Crippen molar-refractivity contribution in [1.82, 2.24) is 0 Å². The molecule has 0 radical (unpaired) electrons. The fourth-order valence-corrected chi connectivity index (χ4v) is 5.77. The largest absolute Gasteiger partial charge is 0.462 e. The Labute approximate surface area is 109 Å². The van der Waals surface area contributed by atoms with Crippen LogP contribution in [0.15, 0.2) is 12.2 Å². The lowest BCUT2D eigenvalue weighted by atomic mass is 9.73. The number of allylic oxidation sites excluding steroid dienone is 2. The molecular formula is C16H22O2. The second kappa shape index (κ2) is 3.85. The fraction of sp³-hybridized carbons (Fsp3) is 0.812. The molecule has 0 amide bonds. The van der Waals surface area contributed by atoms with Crippen LogP contribution in [0.25, 0.3) is 0 Å². The third-order valence-electron chi connectivity index (χ3n) is 6.19. The Balaban J connectivity index is 1.57. The minimum absolute atomic E-state index is 0.0813. The third kappa shape index (κ3) is 1.44. The summed E-state index contributed by atoms with van der Waals surface area (Å²) in [5.41, 5.74) is 0. The molecule has 98 valence electrons. The van der Waals surface area contributed by atoms with Crippen LogP contribution >= 0.6 is 0 Å². The number of carbonyl (C=O) groups is 1. The lowest BCUT2D eigenvalue weighted by Gasteiger charge is -2.35. The second-order valence-corrected chi connectivity index (χ2v) is 6.89. The van der Waals surface area contributed by atoms with Gasteiger partial charge in [-0.05, 0) is 67.6 Å². The normalized spacial score (nSPS) is 52.2. The molecule has 7 unspecified atom stereocenters.